The van der Waals surface area contributed by atoms with Crippen molar-refractivity contribution in [1.82, 2.24) is 0 Å². The number of nitrogens with two attached hydrogens (primary N) is 1. The monoisotopic (exact) mass is 451 g/mol. The number of primary sulfonamides is 1. The smallest absolute Gasteiger partial charge is 0.265 e. The van der Waals surface area contributed by atoms with Crippen LogP contribution in [0.15, 0.2) is 77.7 Å². The van der Waals surface area contributed by atoms with E-state index >= 15 is 0 Å². The van der Waals surface area contributed by atoms with Gasteiger partial charge in [0.25, 0.3) is 11.8 Å². The van der Waals surface area contributed by atoms with Crippen molar-refractivity contribution in [3.8, 4) is 5.75 Å². The lowest BCUT2D eigenvalue weighted by Crippen LogP contribution is -2.47. The van der Waals surface area contributed by atoms with Gasteiger partial charge in [0, 0.05) is 0 Å². The lowest BCUT2D eigenvalue weighted by Gasteiger charge is -2.36. The molecule has 3 N–H and O–H groups in total. The summed E-state index contributed by atoms with van der Waals surface area (Å²) in [5, 5.41) is 7.91. The fraction of sp³-hybridized carbons (Fsp3) is 0.130. The number of carbonyl (C=O) groups is 2. The molecule has 3 aromatic rings. The molecule has 1 unspecified atom stereocenters. The molecule has 164 valence electrons. The van der Waals surface area contributed by atoms with Gasteiger partial charge in [-0.1, -0.05) is 48.0 Å². The van der Waals surface area contributed by atoms with Crippen LogP contribution in [-0.4, -0.2) is 26.8 Å². The molecule has 4 rings (SSSR count). The Labute approximate surface area is 185 Å². The molecule has 9 heteroatoms. The van der Waals surface area contributed by atoms with Gasteiger partial charge in [0.1, 0.15) is 11.8 Å². The van der Waals surface area contributed by atoms with Crippen LogP contribution in [0.2, 0.25) is 0 Å². The van der Waals surface area contributed by atoms with Crippen LogP contribution >= 0.6 is 0 Å². The maximum absolute atomic E-state index is 13.3. The average Bonchev–Trinajstić information content (AvgIpc) is 2.77. The summed E-state index contributed by atoms with van der Waals surface area (Å²) >= 11 is 0. The summed E-state index contributed by atoms with van der Waals surface area (Å²) < 4.78 is 29.1. The van der Waals surface area contributed by atoms with E-state index in [9.17, 15) is 18.0 Å². The fourth-order valence-corrected chi connectivity index (χ4v) is 4.06. The van der Waals surface area contributed by atoms with Gasteiger partial charge in [-0.3, -0.25) is 14.5 Å². The van der Waals surface area contributed by atoms with E-state index in [1.54, 1.807) is 36.4 Å². The number of hydrogen-bond donors (Lipinski definition) is 2. The van der Waals surface area contributed by atoms with E-state index < -0.39 is 27.9 Å². The number of nitrogens with zero attached hydrogens (tertiary/aromatic N) is 1. The molecule has 3 aromatic carbocycles. The Bertz CT molecular complexity index is 1270. The molecule has 8 nitrogen and oxygen atoms in total. The second kappa shape index (κ2) is 8.45. The van der Waals surface area contributed by atoms with Crippen molar-refractivity contribution < 1.29 is 22.7 Å². The third kappa shape index (κ3) is 4.34. The molecule has 0 saturated carbocycles. The number of anilines is 2. The number of fused-ring (bicyclic) bond motifs is 1. The zero-order valence-corrected chi connectivity index (χ0v) is 18.0. The molecule has 0 bridgehead atoms. The van der Waals surface area contributed by atoms with Gasteiger partial charge in [0.05, 0.1) is 16.3 Å². The van der Waals surface area contributed by atoms with Crippen LogP contribution in [0.5, 0.6) is 5.75 Å². The summed E-state index contributed by atoms with van der Waals surface area (Å²) in [4.78, 5) is 27.5. The molecule has 1 aliphatic rings. The standard InChI is InChI=1S/C23H21N3O5S/c1-15-7-9-17(10-8-15)31-14-21(27)26-20-12-11-18(32(24,29)30)13-19(20)25-23(28)22(26)16-5-3-2-4-6-16/h2-13,22H,14H2,1H3,(H,25,28)(H2,24,29,30). The highest BCUT2D eigenvalue weighted by Crippen LogP contribution is 2.39. The van der Waals surface area contributed by atoms with E-state index in [0.29, 0.717) is 17.0 Å². The van der Waals surface area contributed by atoms with Gasteiger partial charge in [-0.25, -0.2) is 13.6 Å². The van der Waals surface area contributed by atoms with Gasteiger partial charge in [-0.05, 0) is 42.8 Å². The summed E-state index contributed by atoms with van der Waals surface area (Å²) in [7, 11) is -3.99. The first-order chi connectivity index (χ1) is 15.2. The number of amides is 2. The molecule has 1 atom stereocenters. The quantitative estimate of drug-likeness (QED) is 0.618. The molecule has 1 heterocycles. The van der Waals surface area contributed by atoms with Crippen molar-refractivity contribution in [1.29, 1.82) is 0 Å². The zero-order chi connectivity index (χ0) is 22.9. The Morgan fingerprint density at radius 3 is 2.41 bits per heavy atom. The fourth-order valence-electron chi connectivity index (χ4n) is 3.52. The molecular formula is C23H21N3O5S. The highest BCUT2D eigenvalue weighted by atomic mass is 32.2. The largest absolute Gasteiger partial charge is 0.484 e. The van der Waals surface area contributed by atoms with Gasteiger partial charge < -0.3 is 10.1 Å². The van der Waals surface area contributed by atoms with Crippen molar-refractivity contribution in [2.24, 2.45) is 5.14 Å². The maximum Gasteiger partial charge on any atom is 0.265 e. The van der Waals surface area contributed by atoms with Gasteiger partial charge in [0.15, 0.2) is 6.61 Å². The number of rotatable bonds is 5. The summed E-state index contributed by atoms with van der Waals surface area (Å²) in [5.74, 6) is -0.413. The molecular weight excluding hydrogens is 430 g/mol. The maximum atomic E-state index is 13.3. The number of benzene rings is 3. The van der Waals surface area contributed by atoms with Crippen LogP contribution in [0.25, 0.3) is 0 Å². The van der Waals surface area contributed by atoms with Crippen LogP contribution in [0, 0.1) is 6.92 Å². The van der Waals surface area contributed by atoms with Gasteiger partial charge >= 0.3 is 0 Å². The van der Waals surface area contributed by atoms with Crippen molar-refractivity contribution in [2.45, 2.75) is 17.9 Å². The number of carbonyl (C=O) groups excluding carboxylic acids is 2. The van der Waals surface area contributed by atoms with Gasteiger partial charge in [-0.15, -0.1) is 0 Å². The number of ether oxygens (including phenoxy) is 1. The first-order valence-corrected chi connectivity index (χ1v) is 11.3. The molecule has 0 spiro atoms. The topological polar surface area (TPSA) is 119 Å². The van der Waals surface area contributed by atoms with E-state index in [4.69, 9.17) is 9.88 Å². The van der Waals surface area contributed by atoms with Crippen LogP contribution < -0.4 is 20.1 Å². The molecule has 32 heavy (non-hydrogen) atoms. The van der Waals surface area contributed by atoms with Gasteiger partial charge in [-0.2, -0.15) is 0 Å². The van der Waals surface area contributed by atoms with Crippen molar-refractivity contribution in [2.75, 3.05) is 16.8 Å². The molecule has 0 aromatic heterocycles. The third-order valence-electron chi connectivity index (χ3n) is 5.09. The molecule has 0 radical (unpaired) electrons. The highest BCUT2D eigenvalue weighted by molar-refractivity contribution is 7.89. The Morgan fingerprint density at radius 2 is 1.75 bits per heavy atom. The molecule has 0 fully saturated rings. The summed E-state index contributed by atoms with van der Waals surface area (Å²) in [6.07, 6.45) is 0. The molecule has 2 amide bonds. The summed E-state index contributed by atoms with van der Waals surface area (Å²) in [6, 6.07) is 19.1. The van der Waals surface area contributed by atoms with Crippen LogP contribution in [0.3, 0.4) is 0 Å². The van der Waals surface area contributed by atoms with Crippen LogP contribution in [0.4, 0.5) is 11.4 Å². The van der Waals surface area contributed by atoms with Crippen molar-refractivity contribution >= 4 is 33.2 Å². The van der Waals surface area contributed by atoms with Crippen molar-refractivity contribution in [3.05, 3.63) is 83.9 Å². The minimum atomic E-state index is -3.99. The second-order valence-corrected chi connectivity index (χ2v) is 8.95. The summed E-state index contributed by atoms with van der Waals surface area (Å²) in [6.45, 7) is 1.63. The average molecular weight is 452 g/mol. The van der Waals surface area contributed by atoms with Gasteiger partial charge in [0.2, 0.25) is 10.0 Å². The Balaban J connectivity index is 1.73. The van der Waals surface area contributed by atoms with Crippen LogP contribution in [0.1, 0.15) is 17.2 Å². The van der Waals surface area contributed by atoms with Crippen molar-refractivity contribution in [3.63, 3.8) is 0 Å². The Kier molecular flexibility index (Phi) is 5.68. The minimum absolute atomic E-state index is 0.169. The Hall–Kier alpha value is -3.69. The SMILES string of the molecule is Cc1ccc(OCC(=O)N2c3ccc(S(N)(=O)=O)cc3NC(=O)C2c2ccccc2)cc1. The normalized spacial score (nSPS) is 15.6. The second-order valence-electron chi connectivity index (χ2n) is 7.39. The van der Waals surface area contributed by atoms with E-state index in [1.807, 2.05) is 25.1 Å². The van der Waals surface area contributed by atoms with E-state index in [-0.39, 0.29) is 17.2 Å². The highest BCUT2D eigenvalue weighted by Gasteiger charge is 2.38. The number of aryl methyl sites for hydroxylation is 1. The Morgan fingerprint density at radius 1 is 1.06 bits per heavy atom. The number of nitrogens with one attached hydrogen (secondary N) is 1. The molecule has 1 aliphatic heterocycles. The first kappa shape index (κ1) is 21.5. The zero-order valence-electron chi connectivity index (χ0n) is 17.2. The van der Waals surface area contributed by atoms with E-state index in [2.05, 4.69) is 5.32 Å². The number of hydrogen-bond acceptors (Lipinski definition) is 5. The van der Waals surface area contributed by atoms with Crippen LogP contribution in [-0.2, 0) is 19.6 Å². The lowest BCUT2D eigenvalue weighted by atomic mass is 10.00. The minimum Gasteiger partial charge on any atom is -0.484 e. The van der Waals surface area contributed by atoms with E-state index in [1.165, 1.54) is 23.1 Å². The third-order valence-corrected chi connectivity index (χ3v) is 6.00. The predicted octanol–water partition coefficient (Wildman–Crippen LogP) is 2.75. The van der Waals surface area contributed by atoms with E-state index in [0.717, 1.165) is 5.56 Å². The first-order valence-electron chi connectivity index (χ1n) is 9.78. The lowest BCUT2D eigenvalue weighted by molar-refractivity contribution is -0.125. The number of sulfonamides is 1. The molecule has 0 aliphatic carbocycles. The molecule has 0 saturated heterocycles. The summed E-state index contributed by atoms with van der Waals surface area (Å²) in [5.41, 5.74) is 2.19. The predicted molar refractivity (Wildman–Crippen MR) is 120 cm³/mol.